The number of likely N-dealkylation sites (tertiary alicyclic amines) is 2. The summed E-state index contributed by atoms with van der Waals surface area (Å²) in [5.74, 6) is 0.745. The van der Waals surface area contributed by atoms with Gasteiger partial charge in [-0.1, -0.05) is 18.6 Å². The van der Waals surface area contributed by atoms with Crippen LogP contribution in [0.4, 0.5) is 4.39 Å². The normalized spacial score (nSPS) is 21.2. The average Bonchev–Trinajstić information content (AvgIpc) is 2.75. The highest BCUT2D eigenvalue weighted by molar-refractivity contribution is 5.79. The van der Waals surface area contributed by atoms with Gasteiger partial charge in [0.2, 0.25) is 0 Å². The Hall–Kier alpha value is -1.66. The molecule has 2 aliphatic heterocycles. The van der Waals surface area contributed by atoms with Gasteiger partial charge in [0, 0.05) is 25.7 Å². The maximum Gasteiger partial charge on any atom is 0.194 e. The second-order valence-corrected chi connectivity index (χ2v) is 8.73. The van der Waals surface area contributed by atoms with Crippen LogP contribution in [0.15, 0.2) is 29.3 Å². The third-order valence-corrected chi connectivity index (χ3v) is 6.50. The van der Waals surface area contributed by atoms with Gasteiger partial charge in [-0.05, 0) is 83.5 Å². The summed E-state index contributed by atoms with van der Waals surface area (Å²) in [6.45, 7) is 9.22. The molecule has 0 unspecified atom stereocenters. The standard InChI is InChI=1S/C23H38FN5/c1-4-25-22(28(3)18-20-8-10-21(24)11-9-20)26-19-23(12-16-27(2)17-13-23)29-14-6-5-7-15-29/h8-11H,4-7,12-19H2,1-3H3,(H,25,26). The van der Waals surface area contributed by atoms with Gasteiger partial charge in [-0.2, -0.15) is 0 Å². The number of rotatable bonds is 6. The number of nitrogens with zero attached hydrogens (tertiary/aromatic N) is 4. The van der Waals surface area contributed by atoms with Crippen molar-refractivity contribution in [3.05, 3.63) is 35.6 Å². The van der Waals surface area contributed by atoms with Crippen LogP contribution >= 0.6 is 0 Å². The number of hydrogen-bond acceptors (Lipinski definition) is 3. The van der Waals surface area contributed by atoms with Crippen molar-refractivity contribution in [2.45, 2.75) is 51.1 Å². The van der Waals surface area contributed by atoms with E-state index in [4.69, 9.17) is 4.99 Å². The molecule has 5 nitrogen and oxygen atoms in total. The van der Waals surface area contributed by atoms with E-state index >= 15 is 0 Å². The van der Waals surface area contributed by atoms with Crippen LogP contribution in [0.2, 0.25) is 0 Å². The molecule has 1 N–H and O–H groups in total. The fourth-order valence-corrected chi connectivity index (χ4v) is 4.61. The highest BCUT2D eigenvalue weighted by Gasteiger charge is 2.39. The topological polar surface area (TPSA) is 34.1 Å². The molecule has 29 heavy (non-hydrogen) atoms. The molecule has 0 aliphatic carbocycles. The zero-order valence-electron chi connectivity index (χ0n) is 18.5. The van der Waals surface area contributed by atoms with E-state index < -0.39 is 0 Å². The molecule has 0 spiro atoms. The molecule has 1 aromatic carbocycles. The average molecular weight is 404 g/mol. The van der Waals surface area contributed by atoms with Gasteiger partial charge in [-0.25, -0.2) is 4.39 Å². The van der Waals surface area contributed by atoms with Gasteiger partial charge in [0.15, 0.2) is 5.96 Å². The Labute approximate surface area is 176 Å². The van der Waals surface area contributed by atoms with Crippen LogP contribution in [0.3, 0.4) is 0 Å². The van der Waals surface area contributed by atoms with Crippen molar-refractivity contribution in [2.75, 3.05) is 53.4 Å². The second kappa shape index (κ2) is 10.4. The Balaban J connectivity index is 1.73. The highest BCUT2D eigenvalue weighted by atomic mass is 19.1. The largest absolute Gasteiger partial charge is 0.357 e. The van der Waals surface area contributed by atoms with Crippen molar-refractivity contribution in [1.82, 2.24) is 20.0 Å². The van der Waals surface area contributed by atoms with Crippen molar-refractivity contribution in [2.24, 2.45) is 4.99 Å². The Bertz CT molecular complexity index is 646. The quantitative estimate of drug-likeness (QED) is 0.584. The second-order valence-electron chi connectivity index (χ2n) is 8.73. The first-order chi connectivity index (χ1) is 14.0. The van der Waals surface area contributed by atoms with Crippen LogP contribution in [0.25, 0.3) is 0 Å². The van der Waals surface area contributed by atoms with E-state index in [1.165, 1.54) is 57.3 Å². The Kier molecular flexibility index (Phi) is 7.90. The van der Waals surface area contributed by atoms with Gasteiger partial charge in [-0.3, -0.25) is 9.89 Å². The van der Waals surface area contributed by atoms with E-state index in [0.29, 0.717) is 6.54 Å². The monoisotopic (exact) mass is 403 g/mol. The number of piperidine rings is 2. The Morgan fingerprint density at radius 3 is 2.38 bits per heavy atom. The molecular weight excluding hydrogens is 365 g/mol. The molecule has 0 saturated carbocycles. The number of benzene rings is 1. The van der Waals surface area contributed by atoms with Crippen molar-refractivity contribution < 1.29 is 4.39 Å². The van der Waals surface area contributed by atoms with Crippen molar-refractivity contribution >= 4 is 5.96 Å². The van der Waals surface area contributed by atoms with Crippen molar-refractivity contribution in [1.29, 1.82) is 0 Å². The molecule has 2 fully saturated rings. The highest BCUT2D eigenvalue weighted by Crippen LogP contribution is 2.31. The molecule has 2 saturated heterocycles. The molecule has 0 amide bonds. The van der Waals surface area contributed by atoms with Gasteiger partial charge in [0.1, 0.15) is 5.82 Å². The van der Waals surface area contributed by atoms with E-state index in [9.17, 15) is 4.39 Å². The number of hydrogen-bond donors (Lipinski definition) is 1. The lowest BCUT2D eigenvalue weighted by molar-refractivity contribution is 0.0206. The first-order valence-corrected chi connectivity index (χ1v) is 11.2. The molecule has 0 atom stereocenters. The predicted octanol–water partition coefficient (Wildman–Crippen LogP) is 3.17. The minimum atomic E-state index is -0.192. The van der Waals surface area contributed by atoms with Crippen LogP contribution < -0.4 is 5.32 Å². The van der Waals surface area contributed by atoms with Gasteiger partial charge >= 0.3 is 0 Å². The molecule has 2 heterocycles. The molecular formula is C23H38FN5. The van der Waals surface area contributed by atoms with Crippen LogP contribution in [0, 0.1) is 5.82 Å². The zero-order chi connectivity index (χ0) is 20.7. The summed E-state index contributed by atoms with van der Waals surface area (Å²) in [6.07, 6.45) is 6.36. The number of aliphatic imine (C=N–C) groups is 1. The number of nitrogens with one attached hydrogen (secondary N) is 1. The molecule has 0 radical (unpaired) electrons. The lowest BCUT2D eigenvalue weighted by Crippen LogP contribution is -2.58. The SMILES string of the molecule is CCNC(=NCC1(N2CCCCC2)CCN(C)CC1)N(C)Cc1ccc(F)cc1. The van der Waals surface area contributed by atoms with E-state index in [1.807, 2.05) is 12.1 Å². The lowest BCUT2D eigenvalue weighted by Gasteiger charge is -2.49. The van der Waals surface area contributed by atoms with Gasteiger partial charge < -0.3 is 15.1 Å². The van der Waals surface area contributed by atoms with E-state index in [1.54, 1.807) is 0 Å². The molecule has 2 aliphatic rings. The third-order valence-electron chi connectivity index (χ3n) is 6.50. The predicted molar refractivity (Wildman–Crippen MR) is 119 cm³/mol. The first-order valence-electron chi connectivity index (χ1n) is 11.2. The van der Waals surface area contributed by atoms with E-state index in [-0.39, 0.29) is 11.4 Å². The molecule has 0 bridgehead atoms. The summed E-state index contributed by atoms with van der Waals surface area (Å²) >= 11 is 0. The van der Waals surface area contributed by atoms with Crippen molar-refractivity contribution in [3.63, 3.8) is 0 Å². The molecule has 0 aromatic heterocycles. The van der Waals surface area contributed by atoms with Crippen LogP contribution in [-0.2, 0) is 6.54 Å². The summed E-state index contributed by atoms with van der Waals surface area (Å²) in [5.41, 5.74) is 1.27. The summed E-state index contributed by atoms with van der Waals surface area (Å²) in [4.78, 5) is 12.4. The smallest absolute Gasteiger partial charge is 0.194 e. The van der Waals surface area contributed by atoms with Crippen LogP contribution in [0.1, 0.15) is 44.6 Å². The fraction of sp³-hybridized carbons (Fsp3) is 0.696. The van der Waals surface area contributed by atoms with Crippen molar-refractivity contribution in [3.8, 4) is 0 Å². The third kappa shape index (κ3) is 5.92. The number of guanidine groups is 1. The minimum absolute atomic E-state index is 0.185. The maximum absolute atomic E-state index is 13.2. The Morgan fingerprint density at radius 1 is 1.10 bits per heavy atom. The zero-order valence-corrected chi connectivity index (χ0v) is 18.5. The van der Waals surface area contributed by atoms with Gasteiger partial charge in [0.05, 0.1) is 6.54 Å². The van der Waals surface area contributed by atoms with E-state index in [2.05, 4.69) is 41.0 Å². The van der Waals surface area contributed by atoms with Crippen LogP contribution in [-0.4, -0.2) is 79.6 Å². The summed E-state index contributed by atoms with van der Waals surface area (Å²) in [7, 11) is 4.29. The molecule has 1 aromatic rings. The minimum Gasteiger partial charge on any atom is -0.357 e. The summed E-state index contributed by atoms with van der Waals surface area (Å²) in [6, 6.07) is 6.75. The molecule has 162 valence electrons. The Morgan fingerprint density at radius 2 is 1.76 bits per heavy atom. The molecule has 3 rings (SSSR count). The molecule has 6 heteroatoms. The van der Waals surface area contributed by atoms with Crippen LogP contribution in [0.5, 0.6) is 0 Å². The lowest BCUT2D eigenvalue weighted by atomic mass is 9.84. The van der Waals surface area contributed by atoms with E-state index in [0.717, 1.165) is 37.7 Å². The van der Waals surface area contributed by atoms with Gasteiger partial charge in [-0.15, -0.1) is 0 Å². The number of halogens is 1. The fourth-order valence-electron chi connectivity index (χ4n) is 4.61. The maximum atomic E-state index is 13.2. The summed E-state index contributed by atoms with van der Waals surface area (Å²) in [5, 5.41) is 3.46. The van der Waals surface area contributed by atoms with Gasteiger partial charge in [0.25, 0.3) is 0 Å². The first kappa shape index (κ1) is 22.0. The summed E-state index contributed by atoms with van der Waals surface area (Å²) < 4.78 is 13.2.